The minimum Gasteiger partial charge on any atom is -0.487 e. The van der Waals surface area contributed by atoms with Gasteiger partial charge < -0.3 is 24.6 Å². The number of morpholine rings is 1. The Morgan fingerprint density at radius 2 is 1.91 bits per heavy atom. The number of amides is 1. The normalized spacial score (nSPS) is 21.1. The molecule has 6 rings (SSSR count). The first-order valence-electron chi connectivity index (χ1n) is 12.7. The average molecular weight is 476 g/mol. The summed E-state index contributed by atoms with van der Waals surface area (Å²) in [4.78, 5) is 23.2. The minimum atomic E-state index is 0.0453. The van der Waals surface area contributed by atoms with Gasteiger partial charge in [0.2, 0.25) is 5.91 Å². The average Bonchev–Trinajstić information content (AvgIpc) is 3.07. The van der Waals surface area contributed by atoms with Crippen LogP contribution in [0.25, 0.3) is 0 Å². The molecule has 1 aromatic heterocycles. The van der Waals surface area contributed by atoms with Crippen molar-refractivity contribution >= 4 is 23.1 Å². The van der Waals surface area contributed by atoms with Crippen molar-refractivity contribution in [2.45, 2.75) is 31.4 Å². The van der Waals surface area contributed by atoms with Crippen LogP contribution in [-0.2, 0) is 16.1 Å². The molecule has 2 aromatic rings. The summed E-state index contributed by atoms with van der Waals surface area (Å²) in [7, 11) is 0. The fraction of sp³-hybridized carbons (Fsp3) is 0.481. The lowest BCUT2D eigenvalue weighted by atomic mass is 9.88. The van der Waals surface area contributed by atoms with E-state index in [0.717, 1.165) is 88.1 Å². The Balaban J connectivity index is 1.13. The number of hydrogen-bond acceptors (Lipinski definition) is 7. The van der Waals surface area contributed by atoms with Crippen LogP contribution in [0.4, 0.5) is 17.2 Å². The summed E-state index contributed by atoms with van der Waals surface area (Å²) in [6, 6.07) is 9.15. The molecular weight excluding hydrogens is 442 g/mol. The van der Waals surface area contributed by atoms with Gasteiger partial charge in [-0.1, -0.05) is 12.6 Å². The maximum absolute atomic E-state index is 11.7. The first-order chi connectivity index (χ1) is 17.2. The second kappa shape index (κ2) is 9.51. The topological polar surface area (TPSA) is 70.2 Å². The van der Waals surface area contributed by atoms with E-state index < -0.39 is 0 Å². The van der Waals surface area contributed by atoms with Crippen LogP contribution in [0.2, 0.25) is 0 Å². The van der Waals surface area contributed by atoms with Crippen molar-refractivity contribution in [2.24, 2.45) is 0 Å². The second-order valence-corrected chi connectivity index (χ2v) is 9.84. The standard InChI is InChI=1S/C27H33N5O3/c1-2-26(33)32-16-21(17-32)30-9-6-19(7-10-30)20-3-4-25-23(15-20)29-27-22(18-35-25)24(5-8-28-27)31-11-13-34-14-12-31/h2-5,8,15,19,21H,1,6-7,9-14,16-18H2,(H,28,29). The van der Waals surface area contributed by atoms with E-state index in [4.69, 9.17) is 9.47 Å². The van der Waals surface area contributed by atoms with Gasteiger partial charge in [-0.05, 0) is 61.7 Å². The van der Waals surface area contributed by atoms with Crippen LogP contribution < -0.4 is 15.0 Å². The van der Waals surface area contributed by atoms with Gasteiger partial charge >= 0.3 is 0 Å². The highest BCUT2D eigenvalue weighted by Gasteiger charge is 2.35. The van der Waals surface area contributed by atoms with Gasteiger partial charge in [-0.25, -0.2) is 4.98 Å². The number of anilines is 3. The molecule has 35 heavy (non-hydrogen) atoms. The number of nitrogens with one attached hydrogen (secondary N) is 1. The first-order valence-corrected chi connectivity index (χ1v) is 12.7. The van der Waals surface area contributed by atoms with E-state index in [1.54, 1.807) is 0 Å². The summed E-state index contributed by atoms with van der Waals surface area (Å²) in [6.07, 6.45) is 5.55. The van der Waals surface area contributed by atoms with E-state index >= 15 is 0 Å². The SMILES string of the molecule is C=CC(=O)N1CC(N2CCC(c3ccc4c(c3)Nc3nccc(N5CCOCC5)c3CO4)CC2)C1. The molecule has 4 aliphatic heterocycles. The lowest BCUT2D eigenvalue weighted by molar-refractivity contribution is -0.133. The summed E-state index contributed by atoms with van der Waals surface area (Å²) in [5, 5.41) is 3.58. The lowest BCUT2D eigenvalue weighted by Crippen LogP contribution is -2.61. The zero-order valence-corrected chi connectivity index (χ0v) is 20.1. The Hall–Kier alpha value is -3.10. The second-order valence-electron chi connectivity index (χ2n) is 9.84. The van der Waals surface area contributed by atoms with Crippen molar-refractivity contribution in [1.82, 2.24) is 14.8 Å². The molecule has 1 aromatic carbocycles. The highest BCUT2D eigenvalue weighted by atomic mass is 16.5. The summed E-state index contributed by atoms with van der Waals surface area (Å²) in [5.74, 6) is 2.32. The Labute approximate surface area is 206 Å². The monoisotopic (exact) mass is 475 g/mol. The predicted octanol–water partition coefficient (Wildman–Crippen LogP) is 3.13. The molecule has 8 nitrogen and oxygen atoms in total. The zero-order valence-electron chi connectivity index (χ0n) is 20.1. The largest absolute Gasteiger partial charge is 0.487 e. The number of aromatic nitrogens is 1. The molecule has 1 amide bonds. The number of nitrogens with zero attached hydrogens (tertiary/aromatic N) is 4. The van der Waals surface area contributed by atoms with E-state index in [-0.39, 0.29) is 5.91 Å². The van der Waals surface area contributed by atoms with Crippen LogP contribution in [0.3, 0.4) is 0 Å². The molecule has 0 saturated carbocycles. The number of piperidine rings is 1. The molecule has 4 aliphatic rings. The molecule has 184 valence electrons. The molecule has 8 heteroatoms. The van der Waals surface area contributed by atoms with Gasteiger partial charge in [0.1, 0.15) is 18.2 Å². The maximum atomic E-state index is 11.7. The number of ether oxygens (including phenoxy) is 2. The lowest BCUT2D eigenvalue weighted by Gasteiger charge is -2.47. The van der Waals surface area contributed by atoms with Gasteiger partial charge in [0.25, 0.3) is 0 Å². The third-order valence-corrected chi connectivity index (χ3v) is 7.88. The summed E-state index contributed by atoms with van der Waals surface area (Å²) < 4.78 is 11.8. The van der Waals surface area contributed by atoms with Gasteiger partial charge in [-0.15, -0.1) is 0 Å². The molecule has 0 aliphatic carbocycles. The fourth-order valence-corrected chi connectivity index (χ4v) is 5.73. The van der Waals surface area contributed by atoms with Crippen LogP contribution in [0.1, 0.15) is 29.9 Å². The van der Waals surface area contributed by atoms with Crippen molar-refractivity contribution in [2.75, 3.05) is 62.7 Å². The Bertz CT molecular complexity index is 1100. The third kappa shape index (κ3) is 4.36. The smallest absolute Gasteiger partial charge is 0.246 e. The van der Waals surface area contributed by atoms with Crippen molar-refractivity contribution in [3.8, 4) is 5.75 Å². The first kappa shape index (κ1) is 22.4. The van der Waals surface area contributed by atoms with Crippen LogP contribution in [0.15, 0.2) is 43.1 Å². The molecule has 0 spiro atoms. The van der Waals surface area contributed by atoms with E-state index in [9.17, 15) is 4.79 Å². The Kier molecular flexibility index (Phi) is 6.08. The molecule has 0 radical (unpaired) electrons. The number of fused-ring (bicyclic) bond motifs is 2. The van der Waals surface area contributed by atoms with Gasteiger partial charge in [-0.3, -0.25) is 9.69 Å². The molecule has 5 heterocycles. The van der Waals surface area contributed by atoms with Crippen LogP contribution in [0, 0.1) is 0 Å². The minimum absolute atomic E-state index is 0.0453. The highest BCUT2D eigenvalue weighted by molar-refractivity contribution is 5.87. The van der Waals surface area contributed by atoms with Crippen LogP contribution in [-0.4, -0.2) is 79.2 Å². The zero-order chi connectivity index (χ0) is 23.8. The number of carbonyl (C=O) groups is 1. The number of carbonyl (C=O) groups excluding carboxylic acids is 1. The number of benzene rings is 1. The molecular formula is C27H33N5O3. The van der Waals surface area contributed by atoms with E-state index in [2.05, 4.69) is 50.9 Å². The highest BCUT2D eigenvalue weighted by Crippen LogP contribution is 2.40. The van der Waals surface area contributed by atoms with E-state index in [1.807, 2.05) is 11.1 Å². The van der Waals surface area contributed by atoms with E-state index in [1.165, 1.54) is 17.3 Å². The summed E-state index contributed by atoms with van der Waals surface area (Å²) >= 11 is 0. The van der Waals surface area contributed by atoms with Gasteiger partial charge in [0.05, 0.1) is 24.5 Å². The number of hydrogen-bond donors (Lipinski definition) is 1. The van der Waals surface area contributed by atoms with E-state index in [0.29, 0.717) is 18.6 Å². The van der Waals surface area contributed by atoms with Crippen molar-refractivity contribution in [1.29, 1.82) is 0 Å². The van der Waals surface area contributed by atoms with Crippen LogP contribution >= 0.6 is 0 Å². The summed E-state index contributed by atoms with van der Waals surface area (Å²) in [5.41, 5.74) is 4.62. The molecule has 3 saturated heterocycles. The molecule has 0 bridgehead atoms. The molecule has 0 unspecified atom stereocenters. The Morgan fingerprint density at radius 1 is 1.11 bits per heavy atom. The van der Waals surface area contributed by atoms with Crippen LogP contribution in [0.5, 0.6) is 5.75 Å². The molecule has 1 N–H and O–H groups in total. The number of rotatable bonds is 4. The summed E-state index contributed by atoms with van der Waals surface area (Å²) in [6.45, 7) is 11.2. The maximum Gasteiger partial charge on any atom is 0.246 e. The molecule has 0 atom stereocenters. The molecule has 3 fully saturated rings. The predicted molar refractivity (Wildman–Crippen MR) is 135 cm³/mol. The Morgan fingerprint density at radius 3 is 2.69 bits per heavy atom. The van der Waals surface area contributed by atoms with Crippen molar-refractivity contribution in [3.05, 3.63) is 54.2 Å². The number of pyridine rings is 1. The number of likely N-dealkylation sites (tertiary alicyclic amines) is 2. The van der Waals surface area contributed by atoms with Gasteiger partial charge in [-0.2, -0.15) is 0 Å². The van der Waals surface area contributed by atoms with Gasteiger partial charge in [0, 0.05) is 44.1 Å². The quantitative estimate of drug-likeness (QED) is 0.682. The fourth-order valence-electron chi connectivity index (χ4n) is 5.73. The van der Waals surface area contributed by atoms with Crippen molar-refractivity contribution < 1.29 is 14.3 Å². The third-order valence-electron chi connectivity index (χ3n) is 7.88. The van der Waals surface area contributed by atoms with Crippen molar-refractivity contribution in [3.63, 3.8) is 0 Å². The van der Waals surface area contributed by atoms with Gasteiger partial charge in [0.15, 0.2) is 0 Å².